The normalized spacial score (nSPS) is 14.2. The molecule has 0 saturated carbocycles. The molecule has 0 radical (unpaired) electrons. The van der Waals surface area contributed by atoms with Gasteiger partial charge in [-0.15, -0.1) is 0 Å². The zero-order chi connectivity index (χ0) is 12.1. The number of esters is 1. The van der Waals surface area contributed by atoms with Crippen LogP contribution < -0.4 is 5.32 Å². The van der Waals surface area contributed by atoms with Crippen LogP contribution in [-0.4, -0.2) is 19.1 Å². The first-order valence-corrected chi connectivity index (χ1v) is 5.93. The summed E-state index contributed by atoms with van der Waals surface area (Å²) in [4.78, 5) is 11.3. The smallest absolute Gasteiger partial charge is 0.322 e. The fourth-order valence-corrected chi connectivity index (χ4v) is 1.91. The van der Waals surface area contributed by atoms with Gasteiger partial charge in [0, 0.05) is 10.5 Å². The molecule has 0 aliphatic heterocycles. The molecule has 0 bridgehead atoms. The standard InChI is InChI=1S/C12H16BrNO2/c1-8(14-9(2)12(15)16-3)10-5-4-6-11(13)7-10/h4-9,14H,1-3H3/t8?,9-/m0/s1. The minimum atomic E-state index is -0.306. The van der Waals surface area contributed by atoms with Gasteiger partial charge in [0.15, 0.2) is 0 Å². The summed E-state index contributed by atoms with van der Waals surface area (Å²) in [6, 6.07) is 7.79. The van der Waals surface area contributed by atoms with Gasteiger partial charge in [-0.05, 0) is 31.5 Å². The molecule has 0 aliphatic carbocycles. The van der Waals surface area contributed by atoms with Crippen LogP contribution in [0.3, 0.4) is 0 Å². The molecular weight excluding hydrogens is 270 g/mol. The Morgan fingerprint density at radius 1 is 1.44 bits per heavy atom. The van der Waals surface area contributed by atoms with E-state index in [0.29, 0.717) is 0 Å². The van der Waals surface area contributed by atoms with Crippen molar-refractivity contribution in [1.29, 1.82) is 0 Å². The van der Waals surface area contributed by atoms with Crippen molar-refractivity contribution < 1.29 is 9.53 Å². The molecule has 0 amide bonds. The maximum absolute atomic E-state index is 11.3. The van der Waals surface area contributed by atoms with Gasteiger partial charge in [-0.3, -0.25) is 10.1 Å². The lowest BCUT2D eigenvalue weighted by Gasteiger charge is -2.18. The first kappa shape index (κ1) is 13.2. The Labute approximate surface area is 104 Å². The summed E-state index contributed by atoms with van der Waals surface area (Å²) in [5.74, 6) is -0.248. The summed E-state index contributed by atoms with van der Waals surface area (Å²) in [6.45, 7) is 3.81. The Hall–Kier alpha value is -0.870. The monoisotopic (exact) mass is 285 g/mol. The molecule has 1 rings (SSSR count). The van der Waals surface area contributed by atoms with Crippen molar-refractivity contribution in [3.63, 3.8) is 0 Å². The van der Waals surface area contributed by atoms with Crippen LogP contribution >= 0.6 is 15.9 Å². The molecule has 4 heteroatoms. The lowest BCUT2D eigenvalue weighted by molar-refractivity contribution is -0.142. The Morgan fingerprint density at radius 3 is 2.69 bits per heavy atom. The highest BCUT2D eigenvalue weighted by molar-refractivity contribution is 9.10. The van der Waals surface area contributed by atoms with E-state index in [9.17, 15) is 4.79 Å². The largest absolute Gasteiger partial charge is 0.468 e. The second kappa shape index (κ2) is 6.01. The second-order valence-electron chi connectivity index (χ2n) is 3.69. The number of carbonyl (C=O) groups excluding carboxylic acids is 1. The van der Waals surface area contributed by atoms with Crippen molar-refractivity contribution in [2.75, 3.05) is 7.11 Å². The van der Waals surface area contributed by atoms with E-state index >= 15 is 0 Å². The molecule has 16 heavy (non-hydrogen) atoms. The number of hydrogen-bond donors (Lipinski definition) is 1. The Bertz CT molecular complexity index is 368. The van der Waals surface area contributed by atoms with Crippen molar-refractivity contribution in [3.8, 4) is 0 Å². The minimum Gasteiger partial charge on any atom is -0.468 e. The predicted molar refractivity (Wildman–Crippen MR) is 67.2 cm³/mol. The number of nitrogens with one attached hydrogen (secondary N) is 1. The fraction of sp³-hybridized carbons (Fsp3) is 0.417. The van der Waals surface area contributed by atoms with Gasteiger partial charge in [-0.25, -0.2) is 0 Å². The maximum Gasteiger partial charge on any atom is 0.322 e. The topological polar surface area (TPSA) is 38.3 Å². The highest BCUT2D eigenvalue weighted by Gasteiger charge is 2.16. The SMILES string of the molecule is COC(=O)[C@H](C)NC(C)c1cccc(Br)c1. The van der Waals surface area contributed by atoms with Gasteiger partial charge < -0.3 is 4.74 Å². The summed E-state index contributed by atoms with van der Waals surface area (Å²) in [5.41, 5.74) is 1.13. The van der Waals surface area contributed by atoms with Gasteiger partial charge in [-0.1, -0.05) is 28.1 Å². The minimum absolute atomic E-state index is 0.103. The van der Waals surface area contributed by atoms with E-state index in [0.717, 1.165) is 10.0 Å². The molecule has 1 aromatic rings. The third-order valence-corrected chi connectivity index (χ3v) is 2.90. The number of halogens is 1. The Morgan fingerprint density at radius 2 is 2.12 bits per heavy atom. The number of benzene rings is 1. The molecule has 0 saturated heterocycles. The molecule has 1 aromatic carbocycles. The van der Waals surface area contributed by atoms with E-state index in [2.05, 4.69) is 26.0 Å². The van der Waals surface area contributed by atoms with Gasteiger partial charge in [0.25, 0.3) is 0 Å². The summed E-state index contributed by atoms with van der Waals surface area (Å²) in [7, 11) is 1.39. The second-order valence-corrected chi connectivity index (χ2v) is 4.60. The molecule has 0 aromatic heterocycles. The van der Waals surface area contributed by atoms with Gasteiger partial charge >= 0.3 is 5.97 Å². The number of ether oxygens (including phenoxy) is 1. The average molecular weight is 286 g/mol. The molecule has 3 nitrogen and oxygen atoms in total. The van der Waals surface area contributed by atoms with E-state index < -0.39 is 0 Å². The summed E-state index contributed by atoms with van der Waals surface area (Å²) in [6.07, 6.45) is 0. The lowest BCUT2D eigenvalue weighted by atomic mass is 10.1. The highest BCUT2D eigenvalue weighted by atomic mass is 79.9. The van der Waals surface area contributed by atoms with Crippen LogP contribution in [0.2, 0.25) is 0 Å². The van der Waals surface area contributed by atoms with Gasteiger partial charge in [-0.2, -0.15) is 0 Å². The molecule has 0 aliphatic rings. The highest BCUT2D eigenvalue weighted by Crippen LogP contribution is 2.18. The van der Waals surface area contributed by atoms with Gasteiger partial charge in [0.05, 0.1) is 7.11 Å². The number of hydrogen-bond acceptors (Lipinski definition) is 3. The summed E-state index contributed by atoms with van der Waals surface area (Å²) in [5, 5.41) is 3.18. The third-order valence-electron chi connectivity index (χ3n) is 2.40. The Balaban J connectivity index is 2.65. The van der Waals surface area contributed by atoms with Crippen molar-refractivity contribution in [1.82, 2.24) is 5.32 Å². The summed E-state index contributed by atoms with van der Waals surface area (Å²) < 4.78 is 5.69. The van der Waals surface area contributed by atoms with E-state index in [4.69, 9.17) is 0 Å². The fourth-order valence-electron chi connectivity index (χ4n) is 1.49. The van der Waals surface area contributed by atoms with Crippen LogP contribution in [0.25, 0.3) is 0 Å². The van der Waals surface area contributed by atoms with E-state index in [1.54, 1.807) is 6.92 Å². The zero-order valence-corrected chi connectivity index (χ0v) is 11.2. The molecule has 0 heterocycles. The van der Waals surface area contributed by atoms with E-state index in [-0.39, 0.29) is 18.1 Å². The first-order valence-electron chi connectivity index (χ1n) is 5.14. The van der Waals surface area contributed by atoms with E-state index in [1.807, 2.05) is 31.2 Å². The number of rotatable bonds is 4. The first-order chi connectivity index (χ1) is 7.54. The van der Waals surface area contributed by atoms with Crippen molar-refractivity contribution >= 4 is 21.9 Å². The van der Waals surface area contributed by atoms with Crippen molar-refractivity contribution in [2.24, 2.45) is 0 Å². The van der Waals surface area contributed by atoms with Crippen LogP contribution in [0.5, 0.6) is 0 Å². The molecule has 1 N–H and O–H groups in total. The Kier molecular flexibility index (Phi) is 4.96. The number of methoxy groups -OCH3 is 1. The van der Waals surface area contributed by atoms with Gasteiger partial charge in [0.1, 0.15) is 6.04 Å². The van der Waals surface area contributed by atoms with Crippen LogP contribution in [-0.2, 0) is 9.53 Å². The third kappa shape index (κ3) is 3.61. The quantitative estimate of drug-likeness (QED) is 0.865. The maximum atomic E-state index is 11.3. The molecular formula is C12H16BrNO2. The lowest BCUT2D eigenvalue weighted by Crippen LogP contribution is -2.36. The predicted octanol–water partition coefficient (Wildman–Crippen LogP) is 2.66. The average Bonchev–Trinajstić information content (AvgIpc) is 2.27. The molecule has 88 valence electrons. The molecule has 1 unspecified atom stereocenters. The van der Waals surface area contributed by atoms with E-state index in [1.165, 1.54) is 7.11 Å². The van der Waals surface area contributed by atoms with Gasteiger partial charge in [0.2, 0.25) is 0 Å². The zero-order valence-electron chi connectivity index (χ0n) is 9.66. The number of carbonyl (C=O) groups is 1. The van der Waals surface area contributed by atoms with Crippen LogP contribution in [0, 0.1) is 0 Å². The molecule has 2 atom stereocenters. The van der Waals surface area contributed by atoms with Crippen LogP contribution in [0.15, 0.2) is 28.7 Å². The molecule has 0 fully saturated rings. The van der Waals surface area contributed by atoms with Crippen LogP contribution in [0.1, 0.15) is 25.5 Å². The summed E-state index contributed by atoms with van der Waals surface area (Å²) >= 11 is 3.42. The molecule has 0 spiro atoms. The van der Waals surface area contributed by atoms with Crippen molar-refractivity contribution in [2.45, 2.75) is 25.9 Å². The van der Waals surface area contributed by atoms with Crippen LogP contribution in [0.4, 0.5) is 0 Å². The van der Waals surface area contributed by atoms with Crippen molar-refractivity contribution in [3.05, 3.63) is 34.3 Å².